The lowest BCUT2D eigenvalue weighted by molar-refractivity contribution is -0.128. The SMILES string of the molecule is Cc1noc(C)c1CC(=O)N[C@@H]1CCCN(c2cccnc2)C1=O. The van der Waals surface area contributed by atoms with E-state index in [-0.39, 0.29) is 18.2 Å². The van der Waals surface area contributed by atoms with Crippen LogP contribution in [0, 0.1) is 13.8 Å². The third kappa shape index (κ3) is 3.29. The minimum absolute atomic E-state index is 0.0960. The number of amides is 2. The number of aryl methyl sites for hydroxylation is 2. The fourth-order valence-corrected chi connectivity index (χ4v) is 2.94. The van der Waals surface area contributed by atoms with Gasteiger partial charge in [0.1, 0.15) is 11.8 Å². The number of rotatable bonds is 4. The number of carbonyl (C=O) groups is 2. The summed E-state index contributed by atoms with van der Waals surface area (Å²) in [6.45, 7) is 4.22. The molecule has 1 N–H and O–H groups in total. The number of nitrogens with zero attached hydrogens (tertiary/aromatic N) is 3. The average Bonchev–Trinajstić information content (AvgIpc) is 2.89. The van der Waals surface area contributed by atoms with Crippen molar-refractivity contribution in [2.45, 2.75) is 39.2 Å². The zero-order chi connectivity index (χ0) is 17.1. The Hall–Kier alpha value is -2.70. The second-order valence-electron chi connectivity index (χ2n) is 5.94. The molecule has 0 saturated carbocycles. The molecule has 7 heteroatoms. The van der Waals surface area contributed by atoms with Crippen molar-refractivity contribution in [2.24, 2.45) is 0 Å². The first-order valence-corrected chi connectivity index (χ1v) is 7.99. The van der Waals surface area contributed by atoms with E-state index in [1.54, 1.807) is 37.2 Å². The summed E-state index contributed by atoms with van der Waals surface area (Å²) in [5.41, 5.74) is 2.24. The highest BCUT2D eigenvalue weighted by molar-refractivity contribution is 5.99. The normalized spacial score (nSPS) is 17.8. The molecule has 24 heavy (non-hydrogen) atoms. The van der Waals surface area contributed by atoms with Gasteiger partial charge < -0.3 is 14.7 Å². The Labute approximate surface area is 140 Å². The van der Waals surface area contributed by atoms with Gasteiger partial charge in [0, 0.05) is 18.3 Å². The summed E-state index contributed by atoms with van der Waals surface area (Å²) in [7, 11) is 0. The maximum Gasteiger partial charge on any atom is 0.249 e. The maximum absolute atomic E-state index is 12.7. The van der Waals surface area contributed by atoms with Crippen LogP contribution in [-0.2, 0) is 16.0 Å². The Bertz CT molecular complexity index is 722. The number of pyridine rings is 1. The van der Waals surface area contributed by atoms with E-state index >= 15 is 0 Å². The Morgan fingerprint density at radius 2 is 2.29 bits per heavy atom. The molecule has 126 valence electrons. The molecule has 2 amide bonds. The monoisotopic (exact) mass is 328 g/mol. The van der Waals surface area contributed by atoms with Gasteiger partial charge in [-0.25, -0.2) is 0 Å². The van der Waals surface area contributed by atoms with Crippen molar-refractivity contribution in [3.8, 4) is 0 Å². The number of carbonyl (C=O) groups excluding carboxylic acids is 2. The molecule has 0 spiro atoms. The number of hydrogen-bond acceptors (Lipinski definition) is 5. The Kier molecular flexibility index (Phi) is 4.59. The topological polar surface area (TPSA) is 88.3 Å². The summed E-state index contributed by atoms with van der Waals surface area (Å²) in [6, 6.07) is 3.13. The van der Waals surface area contributed by atoms with Crippen molar-refractivity contribution in [3.63, 3.8) is 0 Å². The predicted molar refractivity (Wildman–Crippen MR) is 87.4 cm³/mol. The van der Waals surface area contributed by atoms with E-state index in [2.05, 4.69) is 15.5 Å². The van der Waals surface area contributed by atoms with Gasteiger partial charge in [-0.2, -0.15) is 0 Å². The van der Waals surface area contributed by atoms with Crippen LogP contribution in [0.25, 0.3) is 0 Å². The van der Waals surface area contributed by atoms with Gasteiger partial charge in [-0.3, -0.25) is 14.6 Å². The van der Waals surface area contributed by atoms with E-state index < -0.39 is 6.04 Å². The van der Waals surface area contributed by atoms with Gasteiger partial charge in [-0.15, -0.1) is 0 Å². The van der Waals surface area contributed by atoms with Crippen LogP contribution in [0.5, 0.6) is 0 Å². The van der Waals surface area contributed by atoms with Gasteiger partial charge in [0.2, 0.25) is 11.8 Å². The first-order valence-electron chi connectivity index (χ1n) is 7.99. The van der Waals surface area contributed by atoms with E-state index in [0.717, 1.165) is 17.7 Å². The molecular weight excluding hydrogens is 308 g/mol. The fraction of sp³-hybridized carbons (Fsp3) is 0.412. The molecule has 0 aromatic carbocycles. The molecule has 0 bridgehead atoms. The summed E-state index contributed by atoms with van der Waals surface area (Å²) in [6.07, 6.45) is 4.96. The smallest absolute Gasteiger partial charge is 0.249 e. The number of piperidine rings is 1. The van der Waals surface area contributed by atoms with Crippen LogP contribution in [0.2, 0.25) is 0 Å². The maximum atomic E-state index is 12.7. The molecule has 2 aromatic rings. The summed E-state index contributed by atoms with van der Waals surface area (Å²) < 4.78 is 5.07. The Balaban J connectivity index is 1.66. The Morgan fingerprint density at radius 1 is 1.46 bits per heavy atom. The third-order valence-corrected chi connectivity index (χ3v) is 4.25. The molecular formula is C17H20N4O3. The quantitative estimate of drug-likeness (QED) is 0.920. The molecule has 3 rings (SSSR count). The van der Waals surface area contributed by atoms with E-state index in [1.165, 1.54) is 0 Å². The summed E-state index contributed by atoms with van der Waals surface area (Å²) in [4.78, 5) is 30.7. The summed E-state index contributed by atoms with van der Waals surface area (Å²) in [5, 5.41) is 6.69. The first-order chi connectivity index (χ1) is 11.6. The first kappa shape index (κ1) is 16.2. The highest BCUT2D eigenvalue weighted by atomic mass is 16.5. The summed E-state index contributed by atoms with van der Waals surface area (Å²) >= 11 is 0. The zero-order valence-electron chi connectivity index (χ0n) is 13.8. The number of anilines is 1. The minimum Gasteiger partial charge on any atom is -0.361 e. The van der Waals surface area contributed by atoms with E-state index in [0.29, 0.717) is 24.4 Å². The number of nitrogens with one attached hydrogen (secondary N) is 1. The van der Waals surface area contributed by atoms with Gasteiger partial charge >= 0.3 is 0 Å². The lowest BCUT2D eigenvalue weighted by atomic mass is 10.0. The lowest BCUT2D eigenvalue weighted by Crippen LogP contribution is -2.52. The predicted octanol–water partition coefficient (Wildman–Crippen LogP) is 1.54. The van der Waals surface area contributed by atoms with E-state index in [1.807, 2.05) is 6.07 Å². The van der Waals surface area contributed by atoms with E-state index in [4.69, 9.17) is 4.52 Å². The van der Waals surface area contributed by atoms with Gasteiger partial charge in [-0.05, 0) is 38.8 Å². The molecule has 1 fully saturated rings. The summed E-state index contributed by atoms with van der Waals surface area (Å²) in [5.74, 6) is 0.340. The number of hydrogen-bond donors (Lipinski definition) is 1. The van der Waals surface area contributed by atoms with Crippen molar-refractivity contribution >= 4 is 17.5 Å². The second kappa shape index (κ2) is 6.82. The molecule has 7 nitrogen and oxygen atoms in total. The highest BCUT2D eigenvalue weighted by Crippen LogP contribution is 2.20. The Morgan fingerprint density at radius 3 is 2.96 bits per heavy atom. The van der Waals surface area contributed by atoms with Crippen molar-refractivity contribution in [1.29, 1.82) is 0 Å². The third-order valence-electron chi connectivity index (χ3n) is 4.25. The lowest BCUT2D eigenvalue weighted by Gasteiger charge is -2.32. The molecule has 1 aliphatic heterocycles. The standard InChI is InChI=1S/C17H20N4O3/c1-11-14(12(2)24-20-11)9-16(22)19-15-6-4-8-21(17(15)23)13-5-3-7-18-10-13/h3,5,7,10,15H,4,6,8-9H2,1-2H3,(H,19,22)/t15-/m1/s1. The zero-order valence-corrected chi connectivity index (χ0v) is 13.8. The molecule has 2 aromatic heterocycles. The van der Waals surface area contributed by atoms with Crippen LogP contribution in [0.3, 0.4) is 0 Å². The molecule has 0 aliphatic carbocycles. The molecule has 3 heterocycles. The van der Waals surface area contributed by atoms with Gasteiger partial charge in [0.25, 0.3) is 0 Å². The van der Waals surface area contributed by atoms with E-state index in [9.17, 15) is 9.59 Å². The van der Waals surface area contributed by atoms with Crippen LogP contribution in [0.4, 0.5) is 5.69 Å². The van der Waals surface area contributed by atoms with Crippen LogP contribution < -0.4 is 10.2 Å². The minimum atomic E-state index is -0.507. The van der Waals surface area contributed by atoms with Gasteiger partial charge in [0.05, 0.1) is 24.0 Å². The van der Waals surface area contributed by atoms with Crippen molar-refractivity contribution in [2.75, 3.05) is 11.4 Å². The van der Waals surface area contributed by atoms with Crippen LogP contribution >= 0.6 is 0 Å². The molecule has 0 unspecified atom stereocenters. The van der Waals surface area contributed by atoms with Crippen LogP contribution in [0.1, 0.15) is 29.9 Å². The largest absolute Gasteiger partial charge is 0.361 e. The number of aromatic nitrogens is 2. The molecule has 0 radical (unpaired) electrons. The van der Waals surface area contributed by atoms with Crippen molar-refractivity contribution in [3.05, 3.63) is 41.5 Å². The van der Waals surface area contributed by atoms with Crippen LogP contribution in [0.15, 0.2) is 29.0 Å². The van der Waals surface area contributed by atoms with Gasteiger partial charge in [0.15, 0.2) is 0 Å². The second-order valence-corrected chi connectivity index (χ2v) is 5.94. The van der Waals surface area contributed by atoms with Crippen LogP contribution in [-0.4, -0.2) is 34.5 Å². The van der Waals surface area contributed by atoms with Crippen molar-refractivity contribution < 1.29 is 14.1 Å². The van der Waals surface area contributed by atoms with Crippen molar-refractivity contribution in [1.82, 2.24) is 15.5 Å². The molecule has 1 aliphatic rings. The average molecular weight is 328 g/mol. The van der Waals surface area contributed by atoms with Gasteiger partial charge in [-0.1, -0.05) is 5.16 Å². The fourth-order valence-electron chi connectivity index (χ4n) is 2.94. The molecule has 1 atom stereocenters. The molecule has 1 saturated heterocycles. The highest BCUT2D eigenvalue weighted by Gasteiger charge is 2.31.